The van der Waals surface area contributed by atoms with Crippen molar-refractivity contribution in [3.8, 4) is 5.69 Å². The molecule has 0 saturated carbocycles. The lowest BCUT2D eigenvalue weighted by molar-refractivity contribution is -0.119. The van der Waals surface area contributed by atoms with Crippen molar-refractivity contribution in [1.82, 2.24) is 14.8 Å². The molecule has 0 fully saturated rings. The highest BCUT2D eigenvalue weighted by molar-refractivity contribution is 9.10. The SMILES string of the molecule is Cc1nn(-c2ccccc2)c(C)c1NC(=O)COC(=O)c1cncc(Br)c1. The number of anilines is 1. The van der Waals surface area contributed by atoms with Crippen molar-refractivity contribution < 1.29 is 14.3 Å². The van der Waals surface area contributed by atoms with Crippen molar-refractivity contribution >= 4 is 33.5 Å². The fourth-order valence-corrected chi connectivity index (χ4v) is 2.92. The van der Waals surface area contributed by atoms with Crippen LogP contribution >= 0.6 is 15.9 Å². The third-order valence-electron chi connectivity index (χ3n) is 3.83. The van der Waals surface area contributed by atoms with Crippen LogP contribution in [-0.4, -0.2) is 33.2 Å². The van der Waals surface area contributed by atoms with Crippen molar-refractivity contribution in [1.29, 1.82) is 0 Å². The number of nitrogens with zero attached hydrogens (tertiary/aromatic N) is 3. The van der Waals surface area contributed by atoms with E-state index in [0.29, 0.717) is 15.9 Å². The highest BCUT2D eigenvalue weighted by atomic mass is 79.9. The lowest BCUT2D eigenvalue weighted by Crippen LogP contribution is -2.21. The average molecular weight is 429 g/mol. The minimum atomic E-state index is -0.618. The molecule has 8 heteroatoms. The summed E-state index contributed by atoms with van der Waals surface area (Å²) < 4.78 is 7.46. The molecule has 2 aromatic heterocycles. The van der Waals surface area contributed by atoms with Gasteiger partial charge in [-0.25, -0.2) is 9.48 Å². The van der Waals surface area contributed by atoms with Crippen LogP contribution < -0.4 is 5.32 Å². The van der Waals surface area contributed by atoms with Crippen molar-refractivity contribution in [3.05, 3.63) is 70.2 Å². The van der Waals surface area contributed by atoms with Gasteiger partial charge in [0, 0.05) is 16.9 Å². The molecule has 3 aromatic rings. The van der Waals surface area contributed by atoms with Crippen LogP contribution in [0.25, 0.3) is 5.69 Å². The van der Waals surface area contributed by atoms with E-state index in [-0.39, 0.29) is 5.56 Å². The van der Waals surface area contributed by atoms with Crippen molar-refractivity contribution in [2.45, 2.75) is 13.8 Å². The van der Waals surface area contributed by atoms with Gasteiger partial charge < -0.3 is 10.1 Å². The van der Waals surface area contributed by atoms with Gasteiger partial charge >= 0.3 is 5.97 Å². The molecule has 0 bridgehead atoms. The summed E-state index contributed by atoms with van der Waals surface area (Å²) in [4.78, 5) is 28.1. The molecule has 7 nitrogen and oxygen atoms in total. The van der Waals surface area contributed by atoms with E-state index in [0.717, 1.165) is 11.4 Å². The van der Waals surface area contributed by atoms with Gasteiger partial charge in [0.05, 0.1) is 28.3 Å². The molecule has 3 rings (SSSR count). The molecule has 0 spiro atoms. The van der Waals surface area contributed by atoms with Crippen LogP contribution in [0.5, 0.6) is 0 Å². The first-order chi connectivity index (χ1) is 13.0. The lowest BCUT2D eigenvalue weighted by Gasteiger charge is -2.08. The minimum absolute atomic E-state index is 0.265. The van der Waals surface area contributed by atoms with E-state index < -0.39 is 18.5 Å². The van der Waals surface area contributed by atoms with Gasteiger partial charge in [0.2, 0.25) is 0 Å². The number of para-hydroxylation sites is 1. The maximum Gasteiger partial charge on any atom is 0.340 e. The monoisotopic (exact) mass is 428 g/mol. The van der Waals surface area contributed by atoms with E-state index in [9.17, 15) is 9.59 Å². The first-order valence-corrected chi connectivity index (χ1v) is 8.94. The van der Waals surface area contributed by atoms with Gasteiger partial charge in [-0.05, 0) is 48.0 Å². The van der Waals surface area contributed by atoms with Gasteiger partial charge in [-0.2, -0.15) is 5.10 Å². The van der Waals surface area contributed by atoms with Gasteiger partial charge in [0.25, 0.3) is 5.91 Å². The maximum absolute atomic E-state index is 12.2. The van der Waals surface area contributed by atoms with Crippen LogP contribution in [0.15, 0.2) is 53.3 Å². The van der Waals surface area contributed by atoms with Crippen LogP contribution in [0.1, 0.15) is 21.7 Å². The second-order valence-electron chi connectivity index (χ2n) is 5.81. The van der Waals surface area contributed by atoms with Crippen molar-refractivity contribution in [2.75, 3.05) is 11.9 Å². The molecule has 0 aliphatic carbocycles. The van der Waals surface area contributed by atoms with E-state index in [2.05, 4.69) is 31.3 Å². The van der Waals surface area contributed by atoms with Crippen LogP contribution in [-0.2, 0) is 9.53 Å². The normalized spacial score (nSPS) is 10.5. The number of amides is 1. The molecular weight excluding hydrogens is 412 g/mol. The first kappa shape index (κ1) is 18.8. The largest absolute Gasteiger partial charge is 0.452 e. The molecular formula is C19H17BrN4O3. The highest BCUT2D eigenvalue weighted by Gasteiger charge is 2.17. The average Bonchev–Trinajstić information content (AvgIpc) is 2.95. The number of esters is 1. The smallest absolute Gasteiger partial charge is 0.340 e. The Bertz CT molecular complexity index is 986. The Hall–Kier alpha value is -3.00. The molecule has 138 valence electrons. The summed E-state index contributed by atoms with van der Waals surface area (Å²) in [7, 11) is 0. The quantitative estimate of drug-likeness (QED) is 0.628. The number of carbonyl (C=O) groups is 2. The molecule has 0 saturated heterocycles. The number of carbonyl (C=O) groups excluding carboxylic acids is 2. The predicted octanol–water partition coefficient (Wildman–Crippen LogP) is 3.44. The van der Waals surface area contributed by atoms with E-state index in [4.69, 9.17) is 4.74 Å². The third kappa shape index (κ3) is 4.40. The number of aryl methyl sites for hydroxylation is 1. The molecule has 1 N–H and O–H groups in total. The zero-order valence-electron chi connectivity index (χ0n) is 14.8. The van der Waals surface area contributed by atoms with Crippen LogP contribution in [0.4, 0.5) is 5.69 Å². The summed E-state index contributed by atoms with van der Waals surface area (Å²) in [6, 6.07) is 11.2. The maximum atomic E-state index is 12.2. The Kier molecular flexibility index (Phi) is 5.66. The van der Waals surface area contributed by atoms with Crippen LogP contribution in [0.2, 0.25) is 0 Å². The fourth-order valence-electron chi connectivity index (χ4n) is 2.56. The van der Waals surface area contributed by atoms with E-state index in [1.54, 1.807) is 23.9 Å². The van der Waals surface area contributed by atoms with E-state index in [1.165, 1.54) is 6.20 Å². The summed E-state index contributed by atoms with van der Waals surface area (Å²) in [6.07, 6.45) is 2.93. The molecule has 2 heterocycles. The van der Waals surface area contributed by atoms with Gasteiger partial charge in [-0.15, -0.1) is 0 Å². The molecule has 1 aromatic carbocycles. The highest BCUT2D eigenvalue weighted by Crippen LogP contribution is 2.22. The number of halogens is 1. The summed E-state index contributed by atoms with van der Waals surface area (Å²) in [6.45, 7) is 3.27. The second kappa shape index (κ2) is 8.13. The Morgan fingerprint density at radius 3 is 2.63 bits per heavy atom. The Balaban J connectivity index is 1.66. The Morgan fingerprint density at radius 1 is 1.19 bits per heavy atom. The first-order valence-electron chi connectivity index (χ1n) is 8.15. The summed E-state index contributed by atoms with van der Waals surface area (Å²) in [5.41, 5.74) is 3.22. The molecule has 0 aliphatic rings. The molecule has 0 aliphatic heterocycles. The molecule has 0 atom stereocenters. The number of rotatable bonds is 5. The van der Waals surface area contributed by atoms with Gasteiger partial charge in [-0.1, -0.05) is 18.2 Å². The fraction of sp³-hybridized carbons (Fsp3) is 0.158. The Labute approximate surface area is 164 Å². The van der Waals surface area contributed by atoms with Gasteiger partial charge in [0.1, 0.15) is 0 Å². The molecule has 27 heavy (non-hydrogen) atoms. The Morgan fingerprint density at radius 2 is 1.93 bits per heavy atom. The minimum Gasteiger partial charge on any atom is -0.452 e. The number of pyridine rings is 1. The van der Waals surface area contributed by atoms with E-state index >= 15 is 0 Å². The summed E-state index contributed by atoms with van der Waals surface area (Å²) in [5.74, 6) is -1.06. The van der Waals surface area contributed by atoms with Gasteiger partial charge in [-0.3, -0.25) is 9.78 Å². The number of benzene rings is 1. The molecule has 1 amide bonds. The number of hydrogen-bond donors (Lipinski definition) is 1. The van der Waals surface area contributed by atoms with Crippen molar-refractivity contribution in [3.63, 3.8) is 0 Å². The number of aromatic nitrogens is 3. The van der Waals surface area contributed by atoms with Crippen LogP contribution in [0, 0.1) is 13.8 Å². The standard InChI is InChI=1S/C19H17BrN4O3/c1-12-18(13(2)24(23-12)16-6-4-3-5-7-16)22-17(25)11-27-19(26)14-8-15(20)10-21-9-14/h3-10H,11H2,1-2H3,(H,22,25). The molecule has 0 unspecified atom stereocenters. The zero-order valence-corrected chi connectivity index (χ0v) is 16.4. The number of nitrogens with one attached hydrogen (secondary N) is 1. The number of ether oxygens (including phenoxy) is 1. The van der Waals surface area contributed by atoms with Crippen LogP contribution in [0.3, 0.4) is 0 Å². The van der Waals surface area contributed by atoms with Crippen molar-refractivity contribution in [2.24, 2.45) is 0 Å². The lowest BCUT2D eigenvalue weighted by atomic mass is 10.3. The topological polar surface area (TPSA) is 86.1 Å². The zero-order chi connectivity index (χ0) is 19.4. The number of hydrogen-bond acceptors (Lipinski definition) is 5. The third-order valence-corrected chi connectivity index (χ3v) is 4.27. The molecule has 0 radical (unpaired) electrons. The van der Waals surface area contributed by atoms with E-state index in [1.807, 2.05) is 37.3 Å². The second-order valence-corrected chi connectivity index (χ2v) is 6.72. The summed E-state index contributed by atoms with van der Waals surface area (Å²) in [5, 5.41) is 7.23. The summed E-state index contributed by atoms with van der Waals surface area (Å²) >= 11 is 3.23. The van der Waals surface area contributed by atoms with Gasteiger partial charge in [0.15, 0.2) is 6.61 Å². The predicted molar refractivity (Wildman–Crippen MR) is 104 cm³/mol.